The Kier molecular flexibility index (Phi) is 4.94. The zero-order chi connectivity index (χ0) is 13.8. The van der Waals surface area contributed by atoms with Crippen molar-refractivity contribution in [2.75, 3.05) is 38.2 Å². The Labute approximate surface area is 125 Å². The Morgan fingerprint density at radius 3 is 3.00 bits per heavy atom. The Morgan fingerprint density at radius 1 is 1.63 bits per heavy atom. The van der Waals surface area contributed by atoms with Gasteiger partial charge in [0.05, 0.1) is 23.3 Å². The topological polar surface area (TPSA) is 67.6 Å². The van der Waals surface area contributed by atoms with Crippen LogP contribution in [0.15, 0.2) is 18.2 Å². The van der Waals surface area contributed by atoms with E-state index in [0.717, 1.165) is 35.5 Å². The summed E-state index contributed by atoms with van der Waals surface area (Å²) in [6.45, 7) is 3.24. The standard InChI is InChI=1S/C12H16IN3O3/c1-15(8-10-7-14-4-5-19-10)12-3-2-9(16(17)18)6-11(12)13/h2-3,6,10,14H,4-5,7-8H2,1H3. The molecule has 104 valence electrons. The van der Waals surface area contributed by atoms with Gasteiger partial charge >= 0.3 is 0 Å². The zero-order valence-electron chi connectivity index (χ0n) is 10.6. The summed E-state index contributed by atoms with van der Waals surface area (Å²) in [7, 11) is 1.97. The normalized spacial score (nSPS) is 19.2. The van der Waals surface area contributed by atoms with Gasteiger partial charge < -0.3 is 15.0 Å². The molecule has 0 aromatic heterocycles. The molecular formula is C12H16IN3O3. The fourth-order valence-electron chi connectivity index (χ4n) is 2.06. The number of hydrogen-bond donors (Lipinski definition) is 1. The van der Waals surface area contributed by atoms with Crippen LogP contribution >= 0.6 is 22.6 Å². The number of morpholine rings is 1. The first-order valence-corrected chi connectivity index (χ1v) is 7.13. The number of nitro benzene ring substituents is 1. The molecule has 19 heavy (non-hydrogen) atoms. The molecule has 1 aliphatic heterocycles. The third-order valence-corrected chi connectivity index (χ3v) is 3.90. The third kappa shape index (κ3) is 3.77. The first kappa shape index (κ1) is 14.5. The number of likely N-dealkylation sites (N-methyl/N-ethyl adjacent to an activating group) is 1. The lowest BCUT2D eigenvalue weighted by Gasteiger charge is -2.29. The van der Waals surface area contributed by atoms with Gasteiger partial charge in [-0.2, -0.15) is 0 Å². The van der Waals surface area contributed by atoms with Crippen molar-refractivity contribution >= 4 is 34.0 Å². The third-order valence-electron chi connectivity index (χ3n) is 3.04. The van der Waals surface area contributed by atoms with Crippen molar-refractivity contribution in [3.8, 4) is 0 Å². The van der Waals surface area contributed by atoms with Crippen molar-refractivity contribution < 1.29 is 9.66 Å². The van der Waals surface area contributed by atoms with Crippen molar-refractivity contribution in [2.45, 2.75) is 6.10 Å². The summed E-state index contributed by atoms with van der Waals surface area (Å²) in [4.78, 5) is 12.4. The van der Waals surface area contributed by atoms with Crippen LogP contribution in [0.4, 0.5) is 11.4 Å². The molecule has 7 heteroatoms. The summed E-state index contributed by atoms with van der Waals surface area (Å²) >= 11 is 2.13. The van der Waals surface area contributed by atoms with E-state index in [2.05, 4.69) is 32.8 Å². The van der Waals surface area contributed by atoms with E-state index in [9.17, 15) is 10.1 Å². The fraction of sp³-hybridized carbons (Fsp3) is 0.500. The van der Waals surface area contributed by atoms with E-state index in [-0.39, 0.29) is 16.7 Å². The molecule has 0 aliphatic carbocycles. The fourth-order valence-corrected chi connectivity index (χ4v) is 2.97. The minimum Gasteiger partial charge on any atom is -0.374 e. The summed E-state index contributed by atoms with van der Waals surface area (Å²) in [5, 5.41) is 14.0. The highest BCUT2D eigenvalue weighted by atomic mass is 127. The Hall–Kier alpha value is -0.930. The minimum absolute atomic E-state index is 0.122. The lowest BCUT2D eigenvalue weighted by Crippen LogP contribution is -2.44. The number of rotatable bonds is 4. The molecule has 0 bridgehead atoms. The Bertz CT molecular complexity index is 464. The van der Waals surface area contributed by atoms with Gasteiger partial charge in [-0.1, -0.05) is 0 Å². The summed E-state index contributed by atoms with van der Waals surface area (Å²) in [5.41, 5.74) is 1.11. The molecule has 1 aromatic rings. The number of halogens is 1. The van der Waals surface area contributed by atoms with Gasteiger partial charge in [-0.3, -0.25) is 10.1 Å². The van der Waals surface area contributed by atoms with Gasteiger partial charge in [-0.15, -0.1) is 0 Å². The van der Waals surface area contributed by atoms with Crippen LogP contribution in [0.25, 0.3) is 0 Å². The second-order valence-electron chi connectivity index (χ2n) is 4.47. The molecule has 0 amide bonds. The van der Waals surface area contributed by atoms with Gasteiger partial charge in [0, 0.05) is 42.4 Å². The molecule has 1 atom stereocenters. The van der Waals surface area contributed by atoms with Gasteiger partial charge in [-0.05, 0) is 28.7 Å². The molecule has 1 heterocycles. The van der Waals surface area contributed by atoms with Crippen LogP contribution in [0.2, 0.25) is 0 Å². The molecule has 1 unspecified atom stereocenters. The molecule has 1 fully saturated rings. The highest BCUT2D eigenvalue weighted by Gasteiger charge is 2.18. The van der Waals surface area contributed by atoms with Gasteiger partial charge in [0.2, 0.25) is 0 Å². The number of benzene rings is 1. The number of ether oxygens (including phenoxy) is 1. The van der Waals surface area contributed by atoms with E-state index in [4.69, 9.17) is 4.74 Å². The average Bonchev–Trinajstić information content (AvgIpc) is 2.39. The molecule has 6 nitrogen and oxygen atoms in total. The summed E-state index contributed by atoms with van der Waals surface area (Å²) in [5.74, 6) is 0. The predicted octanol–water partition coefficient (Wildman–Crippen LogP) is 1.62. The largest absolute Gasteiger partial charge is 0.374 e. The smallest absolute Gasteiger partial charge is 0.270 e. The average molecular weight is 377 g/mol. The Balaban J connectivity index is 2.05. The molecule has 1 N–H and O–H groups in total. The first-order chi connectivity index (χ1) is 9.08. The monoisotopic (exact) mass is 377 g/mol. The summed E-state index contributed by atoms with van der Waals surface area (Å²) < 4.78 is 6.53. The minimum atomic E-state index is -0.375. The van der Waals surface area contributed by atoms with Crippen LogP contribution in [-0.2, 0) is 4.74 Å². The van der Waals surface area contributed by atoms with E-state index in [1.165, 1.54) is 6.07 Å². The van der Waals surface area contributed by atoms with Crippen molar-refractivity contribution in [2.24, 2.45) is 0 Å². The number of anilines is 1. The van der Waals surface area contributed by atoms with Crippen molar-refractivity contribution in [3.63, 3.8) is 0 Å². The number of nitrogens with one attached hydrogen (secondary N) is 1. The van der Waals surface area contributed by atoms with Crippen molar-refractivity contribution in [1.82, 2.24) is 5.32 Å². The quantitative estimate of drug-likeness (QED) is 0.491. The van der Waals surface area contributed by atoms with Gasteiger partial charge in [0.1, 0.15) is 0 Å². The maximum atomic E-state index is 10.7. The van der Waals surface area contributed by atoms with Crippen LogP contribution in [-0.4, -0.2) is 44.3 Å². The lowest BCUT2D eigenvalue weighted by molar-refractivity contribution is -0.384. The van der Waals surface area contributed by atoms with Gasteiger partial charge in [0.25, 0.3) is 5.69 Å². The number of non-ortho nitro benzene ring substituents is 1. The number of nitro groups is 1. The van der Waals surface area contributed by atoms with E-state index in [0.29, 0.717) is 0 Å². The van der Waals surface area contributed by atoms with E-state index >= 15 is 0 Å². The second kappa shape index (κ2) is 6.49. The molecule has 0 spiro atoms. The SMILES string of the molecule is CN(CC1CNCCO1)c1ccc([N+](=O)[O-])cc1I. The van der Waals surface area contributed by atoms with Crippen LogP contribution < -0.4 is 10.2 Å². The summed E-state index contributed by atoms with van der Waals surface area (Å²) in [6.07, 6.45) is 0.157. The molecule has 0 radical (unpaired) electrons. The molecule has 1 aliphatic rings. The molecule has 1 saturated heterocycles. The lowest BCUT2D eigenvalue weighted by atomic mass is 10.2. The second-order valence-corrected chi connectivity index (χ2v) is 5.63. The van der Waals surface area contributed by atoms with Crippen molar-refractivity contribution in [1.29, 1.82) is 0 Å². The van der Waals surface area contributed by atoms with Crippen molar-refractivity contribution in [3.05, 3.63) is 31.9 Å². The van der Waals surface area contributed by atoms with Crippen LogP contribution in [0.3, 0.4) is 0 Å². The van der Waals surface area contributed by atoms with Crippen LogP contribution in [0, 0.1) is 13.7 Å². The molecular weight excluding hydrogens is 361 g/mol. The van der Waals surface area contributed by atoms with Crippen LogP contribution in [0.1, 0.15) is 0 Å². The summed E-state index contributed by atoms with van der Waals surface area (Å²) in [6, 6.07) is 4.91. The zero-order valence-corrected chi connectivity index (χ0v) is 12.8. The van der Waals surface area contributed by atoms with Gasteiger partial charge in [-0.25, -0.2) is 0 Å². The molecule has 2 rings (SSSR count). The maximum absolute atomic E-state index is 10.7. The van der Waals surface area contributed by atoms with Gasteiger partial charge in [0.15, 0.2) is 0 Å². The van der Waals surface area contributed by atoms with E-state index < -0.39 is 0 Å². The maximum Gasteiger partial charge on any atom is 0.270 e. The van der Waals surface area contributed by atoms with Crippen LogP contribution in [0.5, 0.6) is 0 Å². The molecule has 0 saturated carbocycles. The first-order valence-electron chi connectivity index (χ1n) is 6.05. The highest BCUT2D eigenvalue weighted by molar-refractivity contribution is 14.1. The Morgan fingerprint density at radius 2 is 2.42 bits per heavy atom. The predicted molar refractivity (Wildman–Crippen MR) is 81.7 cm³/mol. The van der Waals surface area contributed by atoms with E-state index in [1.807, 2.05) is 7.05 Å². The molecule has 1 aromatic carbocycles. The van der Waals surface area contributed by atoms with E-state index in [1.54, 1.807) is 12.1 Å². The highest BCUT2D eigenvalue weighted by Crippen LogP contribution is 2.26. The number of nitrogens with zero attached hydrogens (tertiary/aromatic N) is 2. The number of hydrogen-bond acceptors (Lipinski definition) is 5.